The summed E-state index contributed by atoms with van der Waals surface area (Å²) in [5.41, 5.74) is 1.13. The Balaban J connectivity index is 1.95. The molecule has 0 atom stereocenters. The molecule has 32 heavy (non-hydrogen) atoms. The summed E-state index contributed by atoms with van der Waals surface area (Å²) in [5, 5.41) is 2.97. The van der Waals surface area contributed by atoms with E-state index >= 15 is 0 Å². The minimum Gasteiger partial charge on any atom is -0.356 e. The smallest absolute Gasteiger partial charge is 0.220 e. The Hall–Kier alpha value is -2.87. The Labute approximate surface area is 196 Å². The second-order valence-electron chi connectivity index (χ2n) is 7.44. The summed E-state index contributed by atoms with van der Waals surface area (Å²) < 4.78 is 0. The monoisotopic (exact) mass is 430 g/mol. The van der Waals surface area contributed by atoms with Crippen molar-refractivity contribution in [3.05, 3.63) is 109 Å². The van der Waals surface area contributed by atoms with Crippen LogP contribution in [-0.2, 0) is 11.2 Å². The van der Waals surface area contributed by atoms with Crippen LogP contribution in [0.15, 0.2) is 97.2 Å². The van der Waals surface area contributed by atoms with Crippen molar-refractivity contribution in [3.63, 3.8) is 0 Å². The van der Waals surface area contributed by atoms with E-state index in [1.165, 1.54) is 0 Å². The van der Waals surface area contributed by atoms with E-state index in [9.17, 15) is 4.79 Å². The number of rotatable bonds is 17. The molecule has 0 aliphatic heterocycles. The summed E-state index contributed by atoms with van der Waals surface area (Å²) in [4.78, 5) is 11.8. The molecule has 0 heterocycles. The fraction of sp³-hybridized carbons (Fsp3) is 0.367. The van der Waals surface area contributed by atoms with Crippen LogP contribution in [0.5, 0.6) is 0 Å². The minimum absolute atomic E-state index is 0.112. The Morgan fingerprint density at radius 2 is 1.31 bits per heavy atom. The molecule has 0 saturated heterocycles. The lowest BCUT2D eigenvalue weighted by molar-refractivity contribution is -0.120. The lowest BCUT2D eigenvalue weighted by Gasteiger charge is -2.03. The third-order valence-corrected chi connectivity index (χ3v) is 4.62. The number of nitrogens with one attached hydrogen (secondary N) is 1. The molecular weight excluding hydrogens is 390 g/mol. The summed E-state index contributed by atoms with van der Waals surface area (Å²) in [6.07, 6.45) is 34.4. The molecule has 0 spiro atoms. The van der Waals surface area contributed by atoms with Gasteiger partial charge in [0.25, 0.3) is 0 Å². The highest BCUT2D eigenvalue weighted by Crippen LogP contribution is 1.99. The van der Waals surface area contributed by atoms with Crippen LogP contribution in [0, 0.1) is 6.07 Å². The Morgan fingerprint density at radius 1 is 0.781 bits per heavy atom. The predicted molar refractivity (Wildman–Crippen MR) is 139 cm³/mol. The van der Waals surface area contributed by atoms with Crippen molar-refractivity contribution in [2.75, 3.05) is 6.54 Å². The fourth-order valence-corrected chi connectivity index (χ4v) is 2.87. The normalized spacial score (nSPS) is 12.5. The highest BCUT2D eigenvalue weighted by atomic mass is 16.1. The van der Waals surface area contributed by atoms with Crippen molar-refractivity contribution >= 4 is 5.91 Å². The van der Waals surface area contributed by atoms with Gasteiger partial charge < -0.3 is 5.32 Å². The van der Waals surface area contributed by atoms with Crippen molar-refractivity contribution < 1.29 is 4.79 Å². The van der Waals surface area contributed by atoms with Gasteiger partial charge in [0.05, 0.1) is 0 Å². The van der Waals surface area contributed by atoms with E-state index in [1.54, 1.807) is 0 Å². The molecule has 1 rings (SSSR count). The van der Waals surface area contributed by atoms with Crippen LogP contribution in [0.2, 0.25) is 0 Å². The SMILES string of the molecule is CC/C=C\C/C=C\C/C=C\C/C=C\C/C=C\C/C=C\CCC(=O)NCCc1[c]cccc1. The molecule has 0 aromatic heterocycles. The van der Waals surface area contributed by atoms with Crippen LogP contribution >= 0.6 is 0 Å². The molecule has 0 saturated carbocycles. The maximum Gasteiger partial charge on any atom is 0.220 e. The number of carbonyl (C=O) groups excluding carboxylic acids is 1. The first-order valence-corrected chi connectivity index (χ1v) is 11.9. The predicted octanol–water partition coefficient (Wildman–Crippen LogP) is 7.62. The summed E-state index contributed by atoms with van der Waals surface area (Å²) in [6, 6.07) is 11.0. The van der Waals surface area contributed by atoms with Crippen LogP contribution in [0.25, 0.3) is 0 Å². The van der Waals surface area contributed by atoms with Crippen LogP contribution in [-0.4, -0.2) is 12.5 Å². The minimum atomic E-state index is 0.112. The van der Waals surface area contributed by atoms with Gasteiger partial charge in [-0.2, -0.15) is 0 Å². The van der Waals surface area contributed by atoms with Gasteiger partial charge in [-0.3, -0.25) is 4.79 Å². The first kappa shape index (κ1) is 27.2. The van der Waals surface area contributed by atoms with Gasteiger partial charge in [-0.15, -0.1) is 0 Å². The molecule has 1 amide bonds. The van der Waals surface area contributed by atoms with Gasteiger partial charge in [0.15, 0.2) is 0 Å². The Bertz CT molecular complexity index is 750. The fourth-order valence-electron chi connectivity index (χ4n) is 2.87. The summed E-state index contributed by atoms with van der Waals surface area (Å²) >= 11 is 0. The lowest BCUT2D eigenvalue weighted by Crippen LogP contribution is -2.25. The second-order valence-corrected chi connectivity index (χ2v) is 7.44. The molecule has 0 unspecified atom stereocenters. The van der Waals surface area contributed by atoms with Gasteiger partial charge >= 0.3 is 0 Å². The zero-order chi connectivity index (χ0) is 23.0. The summed E-state index contributed by atoms with van der Waals surface area (Å²) in [5.74, 6) is 0.112. The average molecular weight is 431 g/mol. The van der Waals surface area contributed by atoms with E-state index in [0.717, 1.165) is 56.9 Å². The van der Waals surface area contributed by atoms with E-state index in [4.69, 9.17) is 0 Å². The molecule has 0 aliphatic rings. The van der Waals surface area contributed by atoms with E-state index in [1.807, 2.05) is 24.3 Å². The molecule has 0 fully saturated rings. The van der Waals surface area contributed by atoms with E-state index < -0.39 is 0 Å². The number of allylic oxidation sites excluding steroid dienone is 12. The van der Waals surface area contributed by atoms with Gasteiger partial charge in [-0.1, -0.05) is 104 Å². The van der Waals surface area contributed by atoms with Crippen LogP contribution in [0.3, 0.4) is 0 Å². The number of carbonyl (C=O) groups is 1. The first-order chi connectivity index (χ1) is 15.8. The molecular formula is C30H40NO. The third-order valence-electron chi connectivity index (χ3n) is 4.62. The van der Waals surface area contributed by atoms with E-state index in [-0.39, 0.29) is 5.91 Å². The van der Waals surface area contributed by atoms with Crippen molar-refractivity contribution in [1.29, 1.82) is 0 Å². The molecule has 0 bridgehead atoms. The van der Waals surface area contributed by atoms with Gasteiger partial charge in [-0.25, -0.2) is 0 Å². The highest BCUT2D eigenvalue weighted by Gasteiger charge is 1.99. The Kier molecular flexibility index (Phi) is 18.1. The van der Waals surface area contributed by atoms with Crippen molar-refractivity contribution in [3.8, 4) is 0 Å². The van der Waals surface area contributed by atoms with Gasteiger partial charge in [0.2, 0.25) is 5.91 Å². The van der Waals surface area contributed by atoms with Crippen LogP contribution in [0.4, 0.5) is 0 Å². The van der Waals surface area contributed by atoms with Gasteiger partial charge in [0, 0.05) is 13.0 Å². The topological polar surface area (TPSA) is 29.1 Å². The van der Waals surface area contributed by atoms with Gasteiger partial charge in [-0.05, 0) is 63.0 Å². The number of amides is 1. The molecule has 1 aromatic carbocycles. The lowest BCUT2D eigenvalue weighted by atomic mass is 10.1. The average Bonchev–Trinajstić information content (AvgIpc) is 2.81. The standard InChI is InChI=1S/C30H40NO/c1-2-3-4-5-6-7-8-9-10-11-12-13-14-15-16-17-18-19-23-26-30(32)31-28-27-29-24-21-20-22-25-29/h3-4,6-7,9-10,12-13,15-16,18-22,24H,2,5,8,11,14,17,23,26-28H2,1H3,(H,31,32)/b4-3-,7-6-,10-9-,13-12-,16-15-,19-18-. The number of benzene rings is 1. The Morgan fingerprint density at radius 3 is 1.81 bits per heavy atom. The van der Waals surface area contributed by atoms with Crippen molar-refractivity contribution in [2.45, 2.75) is 64.7 Å². The maximum absolute atomic E-state index is 11.8. The molecule has 2 nitrogen and oxygen atoms in total. The zero-order valence-corrected chi connectivity index (χ0v) is 19.7. The number of hydrogen-bond donors (Lipinski definition) is 1. The maximum atomic E-state index is 11.8. The molecule has 2 heteroatoms. The molecule has 1 N–H and O–H groups in total. The first-order valence-electron chi connectivity index (χ1n) is 11.9. The quantitative estimate of drug-likeness (QED) is 0.253. The van der Waals surface area contributed by atoms with Crippen molar-refractivity contribution in [2.24, 2.45) is 0 Å². The molecule has 1 radical (unpaired) electrons. The molecule has 171 valence electrons. The van der Waals surface area contributed by atoms with Gasteiger partial charge in [0.1, 0.15) is 0 Å². The highest BCUT2D eigenvalue weighted by molar-refractivity contribution is 5.75. The van der Waals surface area contributed by atoms with Crippen LogP contribution in [0.1, 0.15) is 63.9 Å². The van der Waals surface area contributed by atoms with Crippen molar-refractivity contribution in [1.82, 2.24) is 5.32 Å². The third kappa shape index (κ3) is 17.9. The summed E-state index contributed by atoms with van der Waals surface area (Å²) in [6.45, 7) is 2.83. The largest absolute Gasteiger partial charge is 0.356 e. The van der Waals surface area contributed by atoms with Crippen LogP contribution < -0.4 is 5.32 Å². The second kappa shape index (κ2) is 21.4. The zero-order valence-electron chi connectivity index (χ0n) is 19.7. The van der Waals surface area contributed by atoms with E-state index in [0.29, 0.717) is 13.0 Å². The molecule has 0 aliphatic carbocycles. The summed E-state index contributed by atoms with van der Waals surface area (Å²) in [7, 11) is 0. The van der Waals surface area contributed by atoms with E-state index in [2.05, 4.69) is 91.2 Å². The molecule has 1 aromatic rings. The number of hydrogen-bond acceptors (Lipinski definition) is 1.